The summed E-state index contributed by atoms with van der Waals surface area (Å²) in [5.74, 6) is 0.565. The fourth-order valence-electron chi connectivity index (χ4n) is 1.79. The molecule has 0 aliphatic heterocycles. The normalized spacial score (nSPS) is 11.8. The van der Waals surface area contributed by atoms with Gasteiger partial charge in [-0.05, 0) is 25.1 Å². The molecular weight excluding hydrogens is 248 g/mol. The van der Waals surface area contributed by atoms with Gasteiger partial charge in [0.05, 0.1) is 5.69 Å². The van der Waals surface area contributed by atoms with Crippen LogP contribution in [0.25, 0.3) is 0 Å². The van der Waals surface area contributed by atoms with E-state index in [0.29, 0.717) is 16.5 Å². The lowest BCUT2D eigenvalue weighted by Gasteiger charge is -2.16. The molecule has 0 spiro atoms. The molecule has 1 aromatic rings. The highest BCUT2D eigenvalue weighted by Crippen LogP contribution is 2.21. The number of nitrogens with one attached hydrogen (secondary N) is 2. The van der Waals surface area contributed by atoms with E-state index >= 15 is 0 Å². The Morgan fingerprint density at radius 3 is 2.33 bits per heavy atom. The van der Waals surface area contributed by atoms with Crippen LogP contribution in [0.2, 0.25) is 0 Å². The van der Waals surface area contributed by atoms with Crippen molar-refractivity contribution < 1.29 is 8.42 Å². The second-order valence-corrected chi connectivity index (χ2v) is 6.12. The molecule has 0 unspecified atom stereocenters. The van der Waals surface area contributed by atoms with Crippen LogP contribution in [-0.2, 0) is 10.0 Å². The average molecular weight is 270 g/mol. The van der Waals surface area contributed by atoms with Crippen molar-refractivity contribution in [3.8, 4) is 0 Å². The number of benzene rings is 1. The first-order chi connectivity index (χ1) is 8.55. The van der Waals surface area contributed by atoms with Crippen LogP contribution in [0.5, 0.6) is 0 Å². The summed E-state index contributed by atoms with van der Waals surface area (Å²) in [6.07, 6.45) is 2.18. The van der Waals surface area contributed by atoms with Crippen molar-refractivity contribution in [1.29, 1.82) is 0 Å². The van der Waals surface area contributed by atoms with Gasteiger partial charge in [0.15, 0.2) is 0 Å². The minimum Gasteiger partial charge on any atom is -0.384 e. The topological polar surface area (TPSA) is 58.2 Å². The molecular formula is C13H22N2O2S. The lowest BCUT2D eigenvalue weighted by Crippen LogP contribution is -2.21. The van der Waals surface area contributed by atoms with Gasteiger partial charge in [-0.3, -0.25) is 0 Å². The minimum atomic E-state index is -3.40. The molecule has 0 bridgehead atoms. The first kappa shape index (κ1) is 15.0. The number of hydrogen-bond acceptors (Lipinski definition) is 3. The van der Waals surface area contributed by atoms with Crippen molar-refractivity contribution in [2.75, 3.05) is 18.9 Å². The summed E-state index contributed by atoms with van der Waals surface area (Å²) in [6.45, 7) is 5.08. The van der Waals surface area contributed by atoms with E-state index < -0.39 is 10.0 Å². The maximum absolute atomic E-state index is 11.9. The second-order valence-electron chi connectivity index (χ2n) is 4.27. The van der Waals surface area contributed by atoms with E-state index in [-0.39, 0.29) is 0 Å². The van der Waals surface area contributed by atoms with Gasteiger partial charge in [0.1, 0.15) is 4.90 Å². The molecule has 0 saturated heterocycles. The van der Waals surface area contributed by atoms with Gasteiger partial charge >= 0.3 is 0 Å². The summed E-state index contributed by atoms with van der Waals surface area (Å²) in [6, 6.07) is 6.98. The number of para-hydroxylation sites is 1. The predicted molar refractivity (Wildman–Crippen MR) is 75.2 cm³/mol. The molecule has 0 aliphatic carbocycles. The second kappa shape index (κ2) is 6.75. The van der Waals surface area contributed by atoms with Crippen molar-refractivity contribution in [2.45, 2.75) is 31.6 Å². The van der Waals surface area contributed by atoms with Crippen molar-refractivity contribution in [1.82, 2.24) is 4.72 Å². The number of sulfonamides is 1. The van der Waals surface area contributed by atoms with Crippen LogP contribution in [-0.4, -0.2) is 22.0 Å². The zero-order chi connectivity index (χ0) is 13.6. The lowest BCUT2D eigenvalue weighted by atomic mass is 10.0. The van der Waals surface area contributed by atoms with Gasteiger partial charge in [0.25, 0.3) is 0 Å². The molecule has 2 N–H and O–H groups in total. The molecule has 5 heteroatoms. The third-order valence-electron chi connectivity index (χ3n) is 3.18. The number of anilines is 1. The molecule has 1 aromatic carbocycles. The van der Waals surface area contributed by atoms with E-state index in [1.54, 1.807) is 18.2 Å². The van der Waals surface area contributed by atoms with E-state index in [1.807, 2.05) is 6.07 Å². The molecule has 0 aliphatic rings. The third-order valence-corrected chi connectivity index (χ3v) is 4.65. The Morgan fingerprint density at radius 2 is 1.78 bits per heavy atom. The maximum atomic E-state index is 11.9. The van der Waals surface area contributed by atoms with Crippen molar-refractivity contribution in [2.24, 2.45) is 5.92 Å². The summed E-state index contributed by atoms with van der Waals surface area (Å²) >= 11 is 0. The molecule has 18 heavy (non-hydrogen) atoms. The average Bonchev–Trinajstić information content (AvgIpc) is 2.40. The van der Waals surface area contributed by atoms with E-state index in [1.165, 1.54) is 7.05 Å². The first-order valence-corrected chi connectivity index (χ1v) is 7.79. The van der Waals surface area contributed by atoms with Crippen molar-refractivity contribution in [3.05, 3.63) is 24.3 Å². The molecule has 0 heterocycles. The summed E-state index contributed by atoms with van der Waals surface area (Å²) in [5.41, 5.74) is 0.666. The Labute approximate surface area is 110 Å². The van der Waals surface area contributed by atoms with Crippen LogP contribution in [0.15, 0.2) is 29.2 Å². The minimum absolute atomic E-state index is 0.304. The van der Waals surface area contributed by atoms with Gasteiger partial charge in [-0.1, -0.05) is 38.8 Å². The van der Waals surface area contributed by atoms with Gasteiger partial charge in [0, 0.05) is 6.54 Å². The van der Waals surface area contributed by atoms with E-state index in [4.69, 9.17) is 0 Å². The summed E-state index contributed by atoms with van der Waals surface area (Å²) in [5, 5.41) is 3.24. The van der Waals surface area contributed by atoms with Gasteiger partial charge < -0.3 is 5.32 Å². The quantitative estimate of drug-likeness (QED) is 0.800. The van der Waals surface area contributed by atoms with Gasteiger partial charge in [0.2, 0.25) is 10.0 Å². The Balaban J connectivity index is 2.90. The highest BCUT2D eigenvalue weighted by molar-refractivity contribution is 7.89. The molecule has 0 atom stereocenters. The predicted octanol–water partition coefficient (Wildman–Crippen LogP) is 2.44. The largest absolute Gasteiger partial charge is 0.384 e. The Morgan fingerprint density at radius 1 is 1.17 bits per heavy atom. The zero-order valence-electron chi connectivity index (χ0n) is 11.2. The molecule has 0 saturated carbocycles. The summed E-state index contributed by atoms with van der Waals surface area (Å²) < 4.78 is 26.1. The zero-order valence-corrected chi connectivity index (χ0v) is 12.0. The maximum Gasteiger partial charge on any atom is 0.242 e. The molecule has 0 aromatic heterocycles. The van der Waals surface area contributed by atoms with Crippen molar-refractivity contribution >= 4 is 15.7 Å². The van der Waals surface area contributed by atoms with Gasteiger partial charge in [-0.25, -0.2) is 13.1 Å². The van der Waals surface area contributed by atoms with Crippen LogP contribution >= 0.6 is 0 Å². The molecule has 0 amide bonds. The molecule has 1 rings (SSSR count). The fourth-order valence-corrected chi connectivity index (χ4v) is 2.70. The number of hydrogen-bond donors (Lipinski definition) is 2. The smallest absolute Gasteiger partial charge is 0.242 e. The molecule has 102 valence electrons. The monoisotopic (exact) mass is 270 g/mol. The van der Waals surface area contributed by atoms with Crippen LogP contribution in [0.1, 0.15) is 26.7 Å². The Bertz CT molecular complexity index is 468. The summed E-state index contributed by atoms with van der Waals surface area (Å²) in [7, 11) is -1.98. The van der Waals surface area contributed by atoms with Gasteiger partial charge in [-0.15, -0.1) is 0 Å². The highest BCUT2D eigenvalue weighted by atomic mass is 32.2. The lowest BCUT2D eigenvalue weighted by molar-refractivity contribution is 0.518. The SMILES string of the molecule is CCC(CC)CNc1ccccc1S(=O)(=O)NC. The van der Waals surface area contributed by atoms with E-state index in [9.17, 15) is 8.42 Å². The van der Waals surface area contributed by atoms with Gasteiger partial charge in [-0.2, -0.15) is 0 Å². The fraction of sp³-hybridized carbons (Fsp3) is 0.538. The first-order valence-electron chi connectivity index (χ1n) is 6.31. The Hall–Kier alpha value is -1.07. The van der Waals surface area contributed by atoms with Crippen LogP contribution < -0.4 is 10.0 Å². The summed E-state index contributed by atoms with van der Waals surface area (Å²) in [4.78, 5) is 0.304. The molecule has 0 fully saturated rings. The highest BCUT2D eigenvalue weighted by Gasteiger charge is 2.16. The van der Waals surface area contributed by atoms with E-state index in [2.05, 4.69) is 23.9 Å². The van der Waals surface area contributed by atoms with Crippen LogP contribution in [0.3, 0.4) is 0 Å². The number of rotatable bonds is 7. The standard InChI is InChI=1S/C13H22N2O2S/c1-4-11(5-2)10-15-12-8-6-7-9-13(12)18(16,17)14-3/h6-9,11,14-15H,4-5,10H2,1-3H3. The molecule has 0 radical (unpaired) electrons. The van der Waals surface area contributed by atoms with Crippen LogP contribution in [0, 0.1) is 5.92 Å². The molecule has 4 nitrogen and oxygen atoms in total. The van der Waals surface area contributed by atoms with Crippen molar-refractivity contribution in [3.63, 3.8) is 0 Å². The third kappa shape index (κ3) is 3.71. The van der Waals surface area contributed by atoms with Crippen LogP contribution in [0.4, 0.5) is 5.69 Å². The van der Waals surface area contributed by atoms with E-state index in [0.717, 1.165) is 19.4 Å². The Kier molecular flexibility index (Phi) is 5.62.